The third-order valence-electron chi connectivity index (χ3n) is 12.7. The van der Waals surface area contributed by atoms with Gasteiger partial charge in [0.15, 0.2) is 0 Å². The molecule has 9 nitrogen and oxygen atoms in total. The van der Waals surface area contributed by atoms with Crippen molar-refractivity contribution in [3.8, 4) is 0 Å². The molecule has 0 amide bonds. The molecule has 390 valence electrons. The highest BCUT2D eigenvalue weighted by molar-refractivity contribution is 6.53. The predicted octanol–water partition coefficient (Wildman–Crippen LogP) is 14.0. The molecule has 0 aromatic carbocycles. The molecular formula is C54H120N3O6Si+. The lowest BCUT2D eigenvalue weighted by Crippen LogP contribution is -2.50. The Hall–Kier alpha value is -0.143. The molecule has 0 spiro atoms. The van der Waals surface area contributed by atoms with Crippen LogP contribution in [-0.4, -0.2) is 141 Å². The molecule has 10 heteroatoms. The summed E-state index contributed by atoms with van der Waals surface area (Å²) in [5, 5.41) is 19.0. The lowest BCUT2D eigenvalue weighted by molar-refractivity contribution is -0.910. The SMILES string of the molecule is C.C.CCCCCO[Si](OCCCCCCCCCCCCCCCCN(C)C)(OCCCCCCCCCCCCCCCCN(C)C)OCCCCCC[N+](C)(CCO)CCO. The average molecular weight is 936 g/mol. The van der Waals surface area contributed by atoms with E-state index in [2.05, 4.69) is 52.0 Å². The molecule has 0 bridgehead atoms. The first-order chi connectivity index (χ1) is 30.2. The van der Waals surface area contributed by atoms with Gasteiger partial charge in [0.2, 0.25) is 0 Å². The van der Waals surface area contributed by atoms with Gasteiger partial charge >= 0.3 is 9.05 Å². The van der Waals surface area contributed by atoms with Gasteiger partial charge in [-0.1, -0.05) is 195 Å². The Labute approximate surface area is 403 Å². The zero-order chi connectivity index (χ0) is 45.5. The summed E-state index contributed by atoms with van der Waals surface area (Å²) in [5.41, 5.74) is 0. The van der Waals surface area contributed by atoms with Gasteiger partial charge < -0.3 is 42.2 Å². The van der Waals surface area contributed by atoms with Crippen molar-refractivity contribution in [2.45, 2.75) is 247 Å². The second-order valence-corrected chi connectivity index (χ2v) is 21.9. The molecule has 0 unspecified atom stereocenters. The molecule has 0 radical (unpaired) electrons. The molecule has 0 aromatic heterocycles. The number of aliphatic hydroxyl groups is 2. The number of hydrogen-bond donors (Lipinski definition) is 2. The number of rotatable bonds is 53. The zero-order valence-electron chi connectivity index (χ0n) is 42.9. The Bertz CT molecular complexity index is 825. The van der Waals surface area contributed by atoms with Gasteiger partial charge in [0.05, 0.1) is 26.8 Å². The van der Waals surface area contributed by atoms with Crippen LogP contribution in [0.5, 0.6) is 0 Å². The minimum Gasteiger partial charge on any atom is -0.391 e. The molecule has 64 heavy (non-hydrogen) atoms. The van der Waals surface area contributed by atoms with Gasteiger partial charge in [0.25, 0.3) is 0 Å². The van der Waals surface area contributed by atoms with Crippen LogP contribution in [0.25, 0.3) is 0 Å². The van der Waals surface area contributed by atoms with Crippen LogP contribution >= 0.6 is 0 Å². The fourth-order valence-electron chi connectivity index (χ4n) is 8.46. The fourth-order valence-corrected chi connectivity index (χ4v) is 10.5. The van der Waals surface area contributed by atoms with Gasteiger partial charge in [-0.2, -0.15) is 0 Å². The number of unbranched alkanes of at least 4 members (excludes halogenated alkanes) is 31. The van der Waals surface area contributed by atoms with E-state index in [0.29, 0.717) is 39.5 Å². The lowest BCUT2D eigenvalue weighted by atomic mass is 10.0. The minimum atomic E-state index is -3.25. The molecule has 0 saturated carbocycles. The summed E-state index contributed by atoms with van der Waals surface area (Å²) in [5.74, 6) is 0. The van der Waals surface area contributed by atoms with Gasteiger partial charge in [0, 0.05) is 26.4 Å². The van der Waals surface area contributed by atoms with Crippen molar-refractivity contribution in [3.05, 3.63) is 0 Å². The van der Waals surface area contributed by atoms with Crippen molar-refractivity contribution in [1.82, 2.24) is 9.80 Å². The summed E-state index contributed by atoms with van der Waals surface area (Å²) in [7, 11) is 7.58. The summed E-state index contributed by atoms with van der Waals surface area (Å²) >= 11 is 0. The van der Waals surface area contributed by atoms with Gasteiger partial charge in [-0.15, -0.1) is 0 Å². The summed E-state index contributed by atoms with van der Waals surface area (Å²) in [6.45, 7) is 9.91. The van der Waals surface area contributed by atoms with E-state index in [0.717, 1.165) is 68.8 Å². The van der Waals surface area contributed by atoms with Crippen LogP contribution in [0, 0.1) is 0 Å². The van der Waals surface area contributed by atoms with Crippen molar-refractivity contribution in [2.24, 2.45) is 0 Å². The minimum absolute atomic E-state index is 0. The maximum atomic E-state index is 9.52. The van der Waals surface area contributed by atoms with Crippen LogP contribution < -0.4 is 0 Å². The van der Waals surface area contributed by atoms with Crippen molar-refractivity contribution < 1.29 is 32.4 Å². The standard InChI is InChI=1S/C52H112N3O6Si.2CH4/c1-7-8-38-49-58-62(61-52-41-34-31-37-44-55(6,45-47-56)46-48-57,59-50-39-32-27-23-19-15-11-9-13-17-21-25-29-35-42-53(2)3)60-51-40-33-28-24-20-16-12-10-14-18-22-26-30-36-43-54(4)5;;/h56-57H,7-52H2,1-6H3;2*1H4/q+1;;. The highest BCUT2D eigenvalue weighted by Crippen LogP contribution is 2.20. The first kappa shape index (κ1) is 68.1. The second-order valence-electron chi connectivity index (χ2n) is 19.8. The fraction of sp³-hybridized carbons (Fsp3) is 1.00. The molecule has 0 saturated heterocycles. The number of nitrogens with zero attached hydrogens (tertiary/aromatic N) is 3. The summed E-state index contributed by atoms with van der Waals surface area (Å²) < 4.78 is 27.1. The van der Waals surface area contributed by atoms with Crippen LogP contribution in [0.3, 0.4) is 0 Å². The first-order valence-electron chi connectivity index (χ1n) is 27.1. The van der Waals surface area contributed by atoms with E-state index in [1.807, 2.05) is 0 Å². The molecule has 0 aliphatic rings. The maximum Gasteiger partial charge on any atom is 0.679 e. The Kier molecular flexibility index (Phi) is 55.6. The van der Waals surface area contributed by atoms with Gasteiger partial charge in [0.1, 0.15) is 13.1 Å². The first-order valence-corrected chi connectivity index (χ1v) is 28.8. The molecule has 0 rings (SSSR count). The number of hydrogen-bond acceptors (Lipinski definition) is 8. The van der Waals surface area contributed by atoms with Crippen LogP contribution in [0.1, 0.15) is 247 Å². The Balaban J connectivity index is -0.0000186. The summed E-state index contributed by atoms with van der Waals surface area (Å²) in [6.07, 6.45) is 45.0. The van der Waals surface area contributed by atoms with Crippen LogP contribution in [0.4, 0.5) is 0 Å². The van der Waals surface area contributed by atoms with E-state index in [4.69, 9.17) is 17.7 Å². The van der Waals surface area contributed by atoms with E-state index >= 15 is 0 Å². The van der Waals surface area contributed by atoms with E-state index < -0.39 is 9.05 Å². The van der Waals surface area contributed by atoms with E-state index in [1.54, 1.807) is 0 Å². The Morgan fingerprint density at radius 1 is 0.344 bits per heavy atom. The lowest BCUT2D eigenvalue weighted by Gasteiger charge is -2.33. The molecule has 0 heterocycles. The second kappa shape index (κ2) is 52.2. The third-order valence-corrected chi connectivity index (χ3v) is 15.0. The maximum absolute atomic E-state index is 9.52. The number of aliphatic hydroxyl groups excluding tert-OH is 2. The molecular weight excluding hydrogens is 815 g/mol. The van der Waals surface area contributed by atoms with Gasteiger partial charge in [-0.25, -0.2) is 0 Å². The van der Waals surface area contributed by atoms with Crippen molar-refractivity contribution in [1.29, 1.82) is 0 Å². The predicted molar refractivity (Wildman–Crippen MR) is 282 cm³/mol. The number of likely N-dealkylation sites (N-methyl/N-ethyl adjacent to an activating group) is 1. The zero-order valence-corrected chi connectivity index (χ0v) is 43.9. The van der Waals surface area contributed by atoms with Crippen LogP contribution in [0.2, 0.25) is 0 Å². The van der Waals surface area contributed by atoms with Crippen molar-refractivity contribution in [3.63, 3.8) is 0 Å². The highest BCUT2D eigenvalue weighted by Gasteiger charge is 2.45. The van der Waals surface area contributed by atoms with E-state index in [-0.39, 0.29) is 28.1 Å². The van der Waals surface area contributed by atoms with Crippen LogP contribution in [-0.2, 0) is 17.7 Å². The smallest absolute Gasteiger partial charge is 0.391 e. The largest absolute Gasteiger partial charge is 0.679 e. The third kappa shape index (κ3) is 48.3. The molecule has 0 aliphatic carbocycles. The quantitative estimate of drug-likeness (QED) is 0.0355. The topological polar surface area (TPSA) is 83.9 Å². The molecule has 0 atom stereocenters. The average Bonchev–Trinajstić information content (AvgIpc) is 3.24. The Morgan fingerprint density at radius 2 is 0.578 bits per heavy atom. The van der Waals surface area contributed by atoms with Gasteiger partial charge in [-0.3, -0.25) is 0 Å². The van der Waals surface area contributed by atoms with E-state index in [9.17, 15) is 10.2 Å². The molecule has 0 aromatic rings. The molecule has 0 aliphatic heterocycles. The summed E-state index contributed by atoms with van der Waals surface area (Å²) in [6, 6.07) is 0. The van der Waals surface area contributed by atoms with Crippen molar-refractivity contribution in [2.75, 3.05) is 108 Å². The molecule has 2 N–H and O–H groups in total. The monoisotopic (exact) mass is 935 g/mol. The number of quaternary nitrogens is 1. The summed E-state index contributed by atoms with van der Waals surface area (Å²) in [4.78, 5) is 4.59. The molecule has 0 fully saturated rings. The van der Waals surface area contributed by atoms with Gasteiger partial charge in [-0.05, 0) is 92.6 Å². The Morgan fingerprint density at radius 3 is 0.828 bits per heavy atom. The van der Waals surface area contributed by atoms with Crippen LogP contribution in [0.15, 0.2) is 0 Å². The van der Waals surface area contributed by atoms with E-state index in [1.165, 1.54) is 180 Å². The van der Waals surface area contributed by atoms with Crippen molar-refractivity contribution >= 4 is 9.05 Å². The normalized spacial score (nSPS) is 12.1. The highest BCUT2D eigenvalue weighted by atomic mass is 28.4.